The highest BCUT2D eigenvalue weighted by Crippen LogP contribution is 2.16. The summed E-state index contributed by atoms with van der Waals surface area (Å²) in [4.78, 5) is 13.0. The van der Waals surface area contributed by atoms with E-state index in [1.165, 1.54) is 17.7 Å². The molecule has 4 aromatic rings. The van der Waals surface area contributed by atoms with E-state index in [4.69, 9.17) is 10.5 Å². The maximum atomic E-state index is 13.7. The largest absolute Gasteiger partial charge is 0.456 e. The molecule has 2 heterocycles. The lowest BCUT2D eigenvalue weighted by Crippen LogP contribution is -2.46. The predicted octanol–water partition coefficient (Wildman–Crippen LogP) is 4.67. The number of fused-ring (bicyclic) bond motifs is 1. The predicted molar refractivity (Wildman–Crippen MR) is 132 cm³/mol. The monoisotopic (exact) mass is 477 g/mol. The van der Waals surface area contributed by atoms with Crippen molar-refractivity contribution in [1.29, 1.82) is 0 Å². The van der Waals surface area contributed by atoms with Crippen LogP contribution in [-0.4, -0.2) is 29.1 Å². The van der Waals surface area contributed by atoms with Gasteiger partial charge < -0.3 is 20.2 Å². The highest BCUT2D eigenvalue weighted by molar-refractivity contribution is 5.91. The fourth-order valence-corrected chi connectivity index (χ4v) is 4.10. The van der Waals surface area contributed by atoms with Crippen LogP contribution in [0.15, 0.2) is 79.1 Å². The van der Waals surface area contributed by atoms with Crippen LogP contribution >= 0.6 is 0 Å². The summed E-state index contributed by atoms with van der Waals surface area (Å²) >= 11 is 0. The fraction of sp³-hybridized carbons (Fsp3) is 0.250. The van der Waals surface area contributed by atoms with E-state index in [1.54, 1.807) is 12.3 Å². The first-order valence-corrected chi connectivity index (χ1v) is 11.7. The SMILES string of the molecule is CCc1cccc(CNC[C@@H](OC(=O)c2cc3ccccn3c2)[C@@H](N)Cc2cc(F)cc(F)c2)c1. The molecule has 2 aromatic carbocycles. The van der Waals surface area contributed by atoms with E-state index in [2.05, 4.69) is 24.4 Å². The standard InChI is InChI=1S/C28H29F2N3O2/c1-2-19-6-5-7-20(10-19)16-32-17-27(26(31)13-21-11-23(29)15-24(30)12-21)35-28(34)22-14-25-8-3-4-9-33(25)18-22/h3-12,14-15,18,26-27,32H,2,13,16-17,31H2,1H3/t26-,27+/m0/s1. The maximum Gasteiger partial charge on any atom is 0.340 e. The topological polar surface area (TPSA) is 68.8 Å². The van der Waals surface area contributed by atoms with Gasteiger partial charge in [0.15, 0.2) is 0 Å². The van der Waals surface area contributed by atoms with Crippen molar-refractivity contribution in [2.24, 2.45) is 5.73 Å². The summed E-state index contributed by atoms with van der Waals surface area (Å²) in [5.41, 5.74) is 10.4. The molecule has 0 amide bonds. The van der Waals surface area contributed by atoms with E-state index >= 15 is 0 Å². The van der Waals surface area contributed by atoms with Gasteiger partial charge >= 0.3 is 5.97 Å². The molecule has 2 aromatic heterocycles. The zero-order valence-corrected chi connectivity index (χ0v) is 19.6. The third-order valence-corrected chi connectivity index (χ3v) is 5.94. The number of esters is 1. The van der Waals surface area contributed by atoms with E-state index in [1.807, 2.05) is 40.9 Å². The average molecular weight is 478 g/mol. The Morgan fingerprint density at radius 3 is 2.51 bits per heavy atom. The Morgan fingerprint density at radius 2 is 1.77 bits per heavy atom. The number of hydrogen-bond donors (Lipinski definition) is 2. The van der Waals surface area contributed by atoms with Crippen LogP contribution in [0.4, 0.5) is 8.78 Å². The zero-order chi connectivity index (χ0) is 24.8. The first-order chi connectivity index (χ1) is 16.9. The van der Waals surface area contributed by atoms with Gasteiger partial charge in [0.05, 0.1) is 5.56 Å². The van der Waals surface area contributed by atoms with E-state index in [0.29, 0.717) is 17.7 Å². The van der Waals surface area contributed by atoms with Crippen molar-refractivity contribution in [2.45, 2.75) is 38.5 Å². The molecule has 0 fully saturated rings. The minimum Gasteiger partial charge on any atom is -0.456 e. The average Bonchev–Trinajstić information content (AvgIpc) is 3.27. The summed E-state index contributed by atoms with van der Waals surface area (Å²) in [6, 6.07) is 18.3. The molecule has 0 aliphatic rings. The second-order valence-corrected chi connectivity index (χ2v) is 8.66. The Balaban J connectivity index is 1.48. The molecule has 0 unspecified atom stereocenters. The zero-order valence-electron chi connectivity index (χ0n) is 19.6. The van der Waals surface area contributed by atoms with Crippen LogP contribution in [0.3, 0.4) is 0 Å². The van der Waals surface area contributed by atoms with Crippen molar-refractivity contribution in [2.75, 3.05) is 6.54 Å². The molecular weight excluding hydrogens is 448 g/mol. The molecule has 0 aliphatic carbocycles. The highest BCUT2D eigenvalue weighted by Gasteiger charge is 2.24. The summed E-state index contributed by atoms with van der Waals surface area (Å²) in [7, 11) is 0. The number of nitrogens with zero attached hydrogens (tertiary/aromatic N) is 1. The van der Waals surface area contributed by atoms with Crippen LogP contribution in [0, 0.1) is 11.6 Å². The van der Waals surface area contributed by atoms with Crippen molar-refractivity contribution >= 4 is 11.5 Å². The van der Waals surface area contributed by atoms with E-state index in [0.717, 1.165) is 23.6 Å². The smallest absolute Gasteiger partial charge is 0.340 e. The minimum absolute atomic E-state index is 0.150. The molecule has 0 saturated carbocycles. The lowest BCUT2D eigenvalue weighted by atomic mass is 10.0. The number of halogens is 2. The molecule has 4 rings (SSSR count). The second-order valence-electron chi connectivity index (χ2n) is 8.66. The molecule has 35 heavy (non-hydrogen) atoms. The number of rotatable bonds is 10. The van der Waals surface area contributed by atoms with E-state index in [-0.39, 0.29) is 13.0 Å². The Labute approximate surface area is 203 Å². The first-order valence-electron chi connectivity index (χ1n) is 11.7. The van der Waals surface area contributed by atoms with Crippen molar-refractivity contribution in [3.8, 4) is 0 Å². The molecule has 182 valence electrons. The number of ether oxygens (including phenoxy) is 1. The van der Waals surface area contributed by atoms with Gasteiger partial charge in [-0.05, 0) is 59.9 Å². The quantitative estimate of drug-likeness (QED) is 0.326. The third kappa shape index (κ3) is 6.53. The van der Waals surface area contributed by atoms with Crippen LogP contribution in [0.25, 0.3) is 5.52 Å². The molecular formula is C28H29F2N3O2. The van der Waals surface area contributed by atoms with Gasteiger partial charge in [-0.3, -0.25) is 0 Å². The number of nitrogens with two attached hydrogens (primary N) is 1. The van der Waals surface area contributed by atoms with Crippen molar-refractivity contribution in [3.63, 3.8) is 0 Å². The summed E-state index contributed by atoms with van der Waals surface area (Å²) in [5, 5.41) is 3.32. The summed E-state index contributed by atoms with van der Waals surface area (Å²) < 4.78 is 35.0. The van der Waals surface area contributed by atoms with Crippen molar-refractivity contribution in [3.05, 3.63) is 113 Å². The minimum atomic E-state index is -0.716. The normalized spacial score (nSPS) is 13.0. The van der Waals surface area contributed by atoms with Gasteiger partial charge in [0.1, 0.15) is 17.7 Å². The number of pyridine rings is 1. The molecule has 0 spiro atoms. The van der Waals surface area contributed by atoms with Crippen molar-refractivity contribution in [1.82, 2.24) is 9.72 Å². The maximum absolute atomic E-state index is 13.7. The first kappa shape index (κ1) is 24.6. The fourth-order valence-electron chi connectivity index (χ4n) is 4.10. The van der Waals surface area contributed by atoms with Crippen molar-refractivity contribution < 1.29 is 18.3 Å². The molecule has 7 heteroatoms. The summed E-state index contributed by atoms with van der Waals surface area (Å²) in [6.45, 7) is 2.95. The van der Waals surface area contributed by atoms with Gasteiger partial charge in [-0.2, -0.15) is 0 Å². The van der Waals surface area contributed by atoms with Gasteiger partial charge in [-0.15, -0.1) is 0 Å². The van der Waals surface area contributed by atoms with Crippen LogP contribution in [0.1, 0.15) is 34.0 Å². The van der Waals surface area contributed by atoms with Gasteiger partial charge in [-0.1, -0.05) is 37.3 Å². The van der Waals surface area contributed by atoms with Gasteiger partial charge in [0, 0.05) is 43.1 Å². The molecule has 0 bridgehead atoms. The van der Waals surface area contributed by atoms with Crippen LogP contribution in [0.5, 0.6) is 0 Å². The number of aryl methyl sites for hydroxylation is 1. The second kappa shape index (κ2) is 11.3. The molecule has 3 N–H and O–H groups in total. The number of carbonyl (C=O) groups is 1. The number of nitrogens with one attached hydrogen (secondary N) is 1. The summed E-state index contributed by atoms with van der Waals surface area (Å²) in [6.07, 6.45) is 3.92. The van der Waals surface area contributed by atoms with E-state index < -0.39 is 29.7 Å². The molecule has 0 aliphatic heterocycles. The Hall–Kier alpha value is -3.55. The molecule has 0 radical (unpaired) electrons. The Bertz CT molecular complexity index is 1250. The van der Waals surface area contributed by atoms with Gasteiger partial charge in [-0.25, -0.2) is 13.6 Å². The van der Waals surface area contributed by atoms with Crippen LogP contribution in [-0.2, 0) is 24.1 Å². The number of carbonyl (C=O) groups excluding carboxylic acids is 1. The number of aromatic nitrogens is 1. The lowest BCUT2D eigenvalue weighted by molar-refractivity contribution is 0.0238. The van der Waals surface area contributed by atoms with E-state index in [9.17, 15) is 13.6 Å². The Kier molecular flexibility index (Phi) is 7.90. The van der Waals surface area contributed by atoms with Crippen LogP contribution < -0.4 is 11.1 Å². The van der Waals surface area contributed by atoms with Gasteiger partial charge in [0.25, 0.3) is 0 Å². The number of benzene rings is 2. The summed E-state index contributed by atoms with van der Waals surface area (Å²) in [5.74, 6) is -1.85. The number of hydrogen-bond acceptors (Lipinski definition) is 4. The molecule has 0 saturated heterocycles. The van der Waals surface area contributed by atoms with Crippen LogP contribution in [0.2, 0.25) is 0 Å². The molecule has 2 atom stereocenters. The van der Waals surface area contributed by atoms with Gasteiger partial charge in [0.2, 0.25) is 0 Å². The molecule has 5 nitrogen and oxygen atoms in total. The highest BCUT2D eigenvalue weighted by atomic mass is 19.1. The third-order valence-electron chi connectivity index (χ3n) is 5.94. The Morgan fingerprint density at radius 1 is 1.00 bits per heavy atom. The lowest BCUT2D eigenvalue weighted by Gasteiger charge is -2.25.